The molecule has 1 aromatic heterocycles. The number of aliphatic carboxylic acids is 1. The van der Waals surface area contributed by atoms with Crippen LogP contribution in [0.3, 0.4) is 0 Å². The first kappa shape index (κ1) is 22.9. The van der Waals surface area contributed by atoms with Gasteiger partial charge in [-0.25, -0.2) is 4.98 Å². The number of nitrogens with zero attached hydrogens (tertiary/aromatic N) is 2. The third-order valence-electron chi connectivity index (χ3n) is 6.63. The van der Waals surface area contributed by atoms with Crippen molar-refractivity contribution in [3.63, 3.8) is 0 Å². The van der Waals surface area contributed by atoms with Crippen LogP contribution < -0.4 is 9.47 Å². The first-order valence-electron chi connectivity index (χ1n) is 12.0. The van der Waals surface area contributed by atoms with Crippen molar-refractivity contribution in [2.75, 3.05) is 19.8 Å². The Kier molecular flexibility index (Phi) is 6.66. The molecule has 180 valence electrons. The van der Waals surface area contributed by atoms with Gasteiger partial charge in [0.1, 0.15) is 5.75 Å². The first-order valence-corrected chi connectivity index (χ1v) is 12.0. The minimum absolute atomic E-state index is 0.0162. The Morgan fingerprint density at radius 1 is 0.971 bits per heavy atom. The summed E-state index contributed by atoms with van der Waals surface area (Å²) >= 11 is 0. The highest BCUT2D eigenvalue weighted by molar-refractivity contribution is 5.94. The van der Waals surface area contributed by atoms with Crippen LogP contribution >= 0.6 is 0 Å². The third kappa shape index (κ3) is 5.29. The summed E-state index contributed by atoms with van der Waals surface area (Å²) in [6.07, 6.45) is 4.05. The van der Waals surface area contributed by atoms with E-state index in [1.165, 1.54) is 5.56 Å². The molecule has 8 rings (SSSR count). The predicted molar refractivity (Wildman–Crippen MR) is 130 cm³/mol. The normalized spacial score (nSPS) is 18.0. The molecule has 5 aliphatic rings. The summed E-state index contributed by atoms with van der Waals surface area (Å²) in [5.41, 5.74) is 4.60. The Labute approximate surface area is 204 Å². The standard InChI is InChI=1S/C28H28N2O5/c31-27(32)16-25-21-4-3-19-11-12-30(18-23(19)15-21)28(33)20-5-8-24(9-6-20)34-13-1-2-14-35-26-10-7-22(25)17-29-26/h3-10,15,17,25H,1-2,11-14,16,18H2,(H,31,32). The zero-order valence-electron chi connectivity index (χ0n) is 19.5. The van der Waals surface area contributed by atoms with Crippen LogP contribution in [0.15, 0.2) is 60.8 Å². The Hall–Kier alpha value is -3.87. The van der Waals surface area contributed by atoms with Crippen molar-refractivity contribution in [1.29, 1.82) is 0 Å². The highest BCUT2D eigenvalue weighted by atomic mass is 16.5. The van der Waals surface area contributed by atoms with Gasteiger partial charge in [0.25, 0.3) is 5.91 Å². The van der Waals surface area contributed by atoms with E-state index in [1.807, 2.05) is 47.4 Å². The lowest BCUT2D eigenvalue weighted by molar-refractivity contribution is -0.137. The van der Waals surface area contributed by atoms with E-state index >= 15 is 0 Å². The molecule has 7 heteroatoms. The van der Waals surface area contributed by atoms with Gasteiger partial charge in [-0.1, -0.05) is 24.3 Å². The number of carbonyl (C=O) groups is 2. The van der Waals surface area contributed by atoms with Crippen molar-refractivity contribution >= 4 is 11.9 Å². The van der Waals surface area contributed by atoms with E-state index in [4.69, 9.17) is 9.47 Å². The monoisotopic (exact) mass is 472 g/mol. The lowest BCUT2D eigenvalue weighted by Crippen LogP contribution is -2.36. The molecule has 35 heavy (non-hydrogen) atoms. The number of carbonyl (C=O) groups excluding carboxylic acids is 1. The molecule has 2 aromatic carbocycles. The second-order valence-corrected chi connectivity index (χ2v) is 9.01. The van der Waals surface area contributed by atoms with E-state index in [2.05, 4.69) is 11.1 Å². The quantitative estimate of drug-likeness (QED) is 0.593. The number of rotatable bonds is 2. The van der Waals surface area contributed by atoms with Gasteiger partial charge in [-0.3, -0.25) is 9.59 Å². The van der Waals surface area contributed by atoms with Crippen LogP contribution in [0.25, 0.3) is 0 Å². The van der Waals surface area contributed by atoms with Crippen molar-refractivity contribution < 1.29 is 24.2 Å². The summed E-state index contributed by atoms with van der Waals surface area (Å²) in [4.78, 5) is 31.2. The summed E-state index contributed by atoms with van der Waals surface area (Å²) in [6.45, 7) is 2.21. The van der Waals surface area contributed by atoms with Crippen LogP contribution in [0, 0.1) is 0 Å². The molecule has 0 fully saturated rings. The highest BCUT2D eigenvalue weighted by Gasteiger charge is 2.25. The molecule has 0 saturated heterocycles. The number of hydrogen-bond donors (Lipinski definition) is 1. The number of carboxylic acid groups (broad SMARTS) is 1. The minimum Gasteiger partial charge on any atom is -0.494 e. The topological polar surface area (TPSA) is 89.0 Å². The van der Waals surface area contributed by atoms with Crippen LogP contribution in [0.2, 0.25) is 0 Å². The molecule has 3 aromatic rings. The molecule has 0 saturated carbocycles. The van der Waals surface area contributed by atoms with Crippen LogP contribution in [0.4, 0.5) is 0 Å². The number of ether oxygens (including phenoxy) is 2. The van der Waals surface area contributed by atoms with Gasteiger partial charge >= 0.3 is 5.97 Å². The van der Waals surface area contributed by atoms with Gasteiger partial charge in [-0.05, 0) is 65.8 Å². The molecule has 7 bridgehead atoms. The summed E-state index contributed by atoms with van der Waals surface area (Å²) < 4.78 is 11.6. The van der Waals surface area contributed by atoms with E-state index in [0.717, 1.165) is 41.7 Å². The Morgan fingerprint density at radius 3 is 2.49 bits per heavy atom. The van der Waals surface area contributed by atoms with Crippen LogP contribution in [-0.2, 0) is 17.8 Å². The van der Waals surface area contributed by atoms with E-state index in [0.29, 0.717) is 37.7 Å². The average Bonchev–Trinajstić information content (AvgIpc) is 2.88. The number of benzene rings is 2. The molecular weight excluding hydrogens is 444 g/mol. The lowest BCUT2D eigenvalue weighted by Gasteiger charge is -2.30. The number of aromatic nitrogens is 1. The van der Waals surface area contributed by atoms with Gasteiger partial charge in [0.2, 0.25) is 5.88 Å². The second kappa shape index (κ2) is 10.2. The SMILES string of the molecule is O=C(O)CC1c2ccc(nc2)OCCCCOc2ccc(cc2)C(=O)N2CCc3ccc1cc3C2. The molecule has 0 aliphatic carbocycles. The molecular formula is C28H28N2O5. The summed E-state index contributed by atoms with van der Waals surface area (Å²) in [7, 11) is 0. The van der Waals surface area contributed by atoms with Gasteiger partial charge in [-0.2, -0.15) is 0 Å². The van der Waals surface area contributed by atoms with Crippen molar-refractivity contribution in [2.45, 2.75) is 38.1 Å². The Balaban J connectivity index is 1.49. The Bertz CT molecular complexity index is 1210. The highest BCUT2D eigenvalue weighted by Crippen LogP contribution is 2.32. The van der Waals surface area contributed by atoms with Crippen LogP contribution in [0.5, 0.6) is 11.6 Å². The largest absolute Gasteiger partial charge is 0.494 e. The fourth-order valence-electron chi connectivity index (χ4n) is 4.70. The third-order valence-corrected chi connectivity index (χ3v) is 6.63. The van der Waals surface area contributed by atoms with Gasteiger partial charge < -0.3 is 19.5 Å². The smallest absolute Gasteiger partial charge is 0.304 e. The average molecular weight is 473 g/mol. The molecule has 6 heterocycles. The van der Waals surface area contributed by atoms with Crippen LogP contribution in [-0.4, -0.2) is 46.6 Å². The first-order chi connectivity index (χ1) is 17.1. The van der Waals surface area contributed by atoms with Gasteiger partial charge in [-0.15, -0.1) is 0 Å². The molecule has 0 spiro atoms. The minimum atomic E-state index is -0.874. The molecule has 1 atom stereocenters. The molecule has 1 N–H and O–H groups in total. The number of hydrogen-bond acceptors (Lipinski definition) is 5. The predicted octanol–water partition coefficient (Wildman–Crippen LogP) is 4.44. The van der Waals surface area contributed by atoms with Crippen molar-refractivity contribution in [1.82, 2.24) is 9.88 Å². The van der Waals surface area contributed by atoms with Gasteiger partial charge in [0, 0.05) is 36.8 Å². The lowest BCUT2D eigenvalue weighted by atomic mass is 9.86. The number of carboxylic acids is 1. The Morgan fingerprint density at radius 2 is 1.74 bits per heavy atom. The number of pyridine rings is 1. The molecule has 1 unspecified atom stereocenters. The maximum absolute atomic E-state index is 13.2. The van der Waals surface area contributed by atoms with Gasteiger partial charge in [0.15, 0.2) is 0 Å². The summed E-state index contributed by atoms with van der Waals surface area (Å²) in [6, 6.07) is 17.1. The van der Waals surface area contributed by atoms with E-state index in [-0.39, 0.29) is 18.2 Å². The maximum Gasteiger partial charge on any atom is 0.304 e. The van der Waals surface area contributed by atoms with Gasteiger partial charge in [0.05, 0.1) is 19.6 Å². The van der Waals surface area contributed by atoms with Crippen molar-refractivity contribution in [3.05, 3.63) is 88.6 Å². The fraction of sp³-hybridized carbons (Fsp3) is 0.321. The van der Waals surface area contributed by atoms with E-state index < -0.39 is 5.97 Å². The zero-order chi connectivity index (χ0) is 24.2. The second-order valence-electron chi connectivity index (χ2n) is 9.01. The maximum atomic E-state index is 13.2. The molecule has 1 amide bonds. The summed E-state index contributed by atoms with van der Waals surface area (Å²) in [5.74, 6) is 0.0244. The molecule has 7 nitrogen and oxygen atoms in total. The van der Waals surface area contributed by atoms with E-state index in [9.17, 15) is 14.7 Å². The van der Waals surface area contributed by atoms with Crippen molar-refractivity contribution in [2.24, 2.45) is 0 Å². The van der Waals surface area contributed by atoms with Crippen molar-refractivity contribution in [3.8, 4) is 11.6 Å². The van der Waals surface area contributed by atoms with Crippen LogP contribution in [0.1, 0.15) is 57.8 Å². The fourth-order valence-corrected chi connectivity index (χ4v) is 4.70. The number of amides is 1. The zero-order valence-corrected chi connectivity index (χ0v) is 19.5. The molecule has 0 radical (unpaired) electrons. The molecule has 5 aliphatic heterocycles. The summed E-state index contributed by atoms with van der Waals surface area (Å²) in [5, 5.41) is 9.60. The van der Waals surface area contributed by atoms with E-state index in [1.54, 1.807) is 12.3 Å².